The molecule has 6 nitrogen and oxygen atoms in total. The van der Waals surface area contributed by atoms with Crippen molar-refractivity contribution in [1.29, 1.82) is 0 Å². The Labute approximate surface area is 205 Å². The van der Waals surface area contributed by atoms with Gasteiger partial charge in [0.25, 0.3) is 5.91 Å². The second-order valence-corrected chi connectivity index (χ2v) is 9.06. The van der Waals surface area contributed by atoms with Crippen molar-refractivity contribution in [2.45, 2.75) is 51.7 Å². The van der Waals surface area contributed by atoms with Crippen molar-refractivity contribution >= 4 is 28.8 Å². The summed E-state index contributed by atoms with van der Waals surface area (Å²) in [5, 5.41) is 5.12. The number of hydrogen-bond donors (Lipinski definition) is 1. The Morgan fingerprint density at radius 1 is 0.914 bits per heavy atom. The summed E-state index contributed by atoms with van der Waals surface area (Å²) in [7, 11) is 0. The number of carbonyl (C=O) groups is 2. The summed E-state index contributed by atoms with van der Waals surface area (Å²) in [4.78, 5) is 26.9. The molecule has 0 unspecified atom stereocenters. The van der Waals surface area contributed by atoms with Crippen molar-refractivity contribution in [2.75, 3.05) is 6.61 Å². The van der Waals surface area contributed by atoms with E-state index in [2.05, 4.69) is 35.6 Å². The van der Waals surface area contributed by atoms with Gasteiger partial charge in [-0.2, -0.15) is 0 Å². The van der Waals surface area contributed by atoms with Crippen molar-refractivity contribution in [2.24, 2.45) is 0 Å². The summed E-state index contributed by atoms with van der Waals surface area (Å²) >= 11 is 0. The third-order valence-electron chi connectivity index (χ3n) is 6.64. The van der Waals surface area contributed by atoms with Crippen LogP contribution in [0.5, 0.6) is 11.5 Å². The topological polar surface area (TPSA) is 67.9 Å². The fourth-order valence-electron chi connectivity index (χ4n) is 4.88. The van der Waals surface area contributed by atoms with Crippen molar-refractivity contribution < 1.29 is 19.1 Å². The zero-order valence-corrected chi connectivity index (χ0v) is 20.0. The average molecular weight is 471 g/mol. The number of rotatable bonds is 7. The molecule has 0 bridgehead atoms. The van der Waals surface area contributed by atoms with E-state index in [4.69, 9.17) is 9.47 Å². The highest BCUT2D eigenvalue weighted by Gasteiger charge is 2.38. The Morgan fingerprint density at radius 2 is 1.71 bits per heavy atom. The Morgan fingerprint density at radius 3 is 2.51 bits per heavy atom. The first-order valence-electron chi connectivity index (χ1n) is 12.4. The van der Waals surface area contributed by atoms with Gasteiger partial charge in [0.2, 0.25) is 0 Å². The summed E-state index contributed by atoms with van der Waals surface area (Å²) in [5.41, 5.74) is 2.13. The standard InChI is InChI=1S/C29H30N2O4/c1-2-34-27-18-20(17-25-28(32)31(29(33)30-25)24-10-4-3-5-11-24)13-15-26(27)35-19-21-12-14-22-8-6-7-9-23(22)16-21/h6-9,12-18,24H,2-5,10-11,19H2,1H3,(H,30,33)/b25-17-. The molecule has 1 saturated heterocycles. The largest absolute Gasteiger partial charge is 0.490 e. The Balaban J connectivity index is 1.32. The molecular formula is C29H30N2O4. The lowest BCUT2D eigenvalue weighted by molar-refractivity contribution is -0.124. The molecule has 0 spiro atoms. The van der Waals surface area contributed by atoms with Gasteiger partial charge >= 0.3 is 6.03 Å². The van der Waals surface area contributed by atoms with E-state index in [-0.39, 0.29) is 18.0 Å². The number of urea groups is 1. The molecule has 1 aliphatic heterocycles. The first-order valence-corrected chi connectivity index (χ1v) is 12.4. The molecule has 2 aliphatic rings. The molecule has 1 saturated carbocycles. The molecule has 3 aromatic rings. The number of benzene rings is 3. The van der Waals surface area contributed by atoms with Gasteiger partial charge in [-0.15, -0.1) is 0 Å². The lowest BCUT2D eigenvalue weighted by atomic mass is 9.94. The summed E-state index contributed by atoms with van der Waals surface area (Å²) in [6.45, 7) is 2.81. The maximum absolute atomic E-state index is 13.0. The normalized spacial score (nSPS) is 17.7. The number of nitrogens with one attached hydrogen (secondary N) is 1. The van der Waals surface area contributed by atoms with E-state index in [1.807, 2.05) is 37.3 Å². The predicted octanol–water partition coefficient (Wildman–Crippen LogP) is 6.04. The van der Waals surface area contributed by atoms with E-state index in [0.29, 0.717) is 30.4 Å². The summed E-state index contributed by atoms with van der Waals surface area (Å²) < 4.78 is 11.9. The molecule has 3 aromatic carbocycles. The van der Waals surface area contributed by atoms with Gasteiger partial charge in [-0.05, 0) is 65.9 Å². The number of imide groups is 1. The van der Waals surface area contributed by atoms with Crippen molar-refractivity contribution in [1.82, 2.24) is 10.2 Å². The molecule has 1 heterocycles. The van der Waals surface area contributed by atoms with Crippen LogP contribution in [0, 0.1) is 0 Å². The third-order valence-corrected chi connectivity index (χ3v) is 6.64. The zero-order chi connectivity index (χ0) is 24.2. The first-order chi connectivity index (χ1) is 17.1. The van der Waals surface area contributed by atoms with E-state index in [1.54, 1.807) is 6.08 Å². The molecule has 0 radical (unpaired) electrons. The van der Waals surface area contributed by atoms with Crippen LogP contribution in [0.2, 0.25) is 0 Å². The first kappa shape index (κ1) is 23.0. The van der Waals surface area contributed by atoms with Gasteiger partial charge in [-0.1, -0.05) is 61.7 Å². The van der Waals surface area contributed by atoms with Crippen LogP contribution in [-0.4, -0.2) is 29.5 Å². The summed E-state index contributed by atoms with van der Waals surface area (Å²) in [6, 6.07) is 19.7. The molecule has 5 rings (SSSR count). The highest BCUT2D eigenvalue weighted by Crippen LogP contribution is 2.32. The van der Waals surface area contributed by atoms with Crippen LogP contribution in [0.15, 0.2) is 66.4 Å². The summed E-state index contributed by atoms with van der Waals surface area (Å²) in [5.74, 6) is 0.979. The molecular weight excluding hydrogens is 440 g/mol. The fourth-order valence-corrected chi connectivity index (χ4v) is 4.88. The maximum Gasteiger partial charge on any atom is 0.329 e. The second kappa shape index (κ2) is 10.2. The van der Waals surface area contributed by atoms with Crippen LogP contribution >= 0.6 is 0 Å². The van der Waals surface area contributed by atoms with Gasteiger partial charge < -0.3 is 14.8 Å². The van der Waals surface area contributed by atoms with Gasteiger partial charge in [0.05, 0.1) is 6.61 Å². The quantitative estimate of drug-likeness (QED) is 0.338. The molecule has 0 aromatic heterocycles. The second-order valence-electron chi connectivity index (χ2n) is 9.06. The fraction of sp³-hybridized carbons (Fsp3) is 0.310. The number of fused-ring (bicyclic) bond motifs is 1. The lowest BCUT2D eigenvalue weighted by Gasteiger charge is -2.28. The summed E-state index contributed by atoms with van der Waals surface area (Å²) in [6.07, 6.45) is 6.74. The van der Waals surface area contributed by atoms with Crippen LogP contribution in [0.25, 0.3) is 16.8 Å². The monoisotopic (exact) mass is 470 g/mol. The van der Waals surface area contributed by atoms with E-state index in [1.165, 1.54) is 22.1 Å². The van der Waals surface area contributed by atoms with Crippen LogP contribution in [0.4, 0.5) is 4.79 Å². The lowest BCUT2D eigenvalue weighted by Crippen LogP contribution is -2.41. The SMILES string of the molecule is CCOc1cc(/C=C2\NC(=O)N(C3CCCCC3)C2=O)ccc1OCc1ccc2ccccc2c1. The van der Waals surface area contributed by atoms with E-state index < -0.39 is 0 Å². The molecule has 3 amide bonds. The number of nitrogens with zero attached hydrogens (tertiary/aromatic N) is 1. The zero-order valence-electron chi connectivity index (χ0n) is 20.0. The molecule has 0 atom stereocenters. The van der Waals surface area contributed by atoms with E-state index in [9.17, 15) is 9.59 Å². The van der Waals surface area contributed by atoms with Crippen molar-refractivity contribution in [3.8, 4) is 11.5 Å². The van der Waals surface area contributed by atoms with Crippen LogP contribution < -0.4 is 14.8 Å². The highest BCUT2D eigenvalue weighted by atomic mass is 16.5. The number of ether oxygens (including phenoxy) is 2. The smallest absolute Gasteiger partial charge is 0.329 e. The molecule has 2 fully saturated rings. The average Bonchev–Trinajstić information content (AvgIpc) is 3.16. The number of hydrogen-bond acceptors (Lipinski definition) is 4. The van der Waals surface area contributed by atoms with Crippen LogP contribution in [0.3, 0.4) is 0 Å². The molecule has 6 heteroatoms. The van der Waals surface area contributed by atoms with Gasteiger partial charge in [0.15, 0.2) is 11.5 Å². The maximum atomic E-state index is 13.0. The highest BCUT2D eigenvalue weighted by molar-refractivity contribution is 6.14. The van der Waals surface area contributed by atoms with Crippen LogP contribution in [0.1, 0.15) is 50.2 Å². The van der Waals surface area contributed by atoms with Gasteiger partial charge in [0.1, 0.15) is 12.3 Å². The van der Waals surface area contributed by atoms with Gasteiger partial charge in [-0.25, -0.2) is 4.79 Å². The Hall–Kier alpha value is -3.80. The van der Waals surface area contributed by atoms with Crippen molar-refractivity contribution in [3.63, 3.8) is 0 Å². The van der Waals surface area contributed by atoms with Crippen LogP contribution in [-0.2, 0) is 11.4 Å². The minimum Gasteiger partial charge on any atom is -0.490 e. The Kier molecular flexibility index (Phi) is 6.70. The minimum atomic E-state index is -0.325. The minimum absolute atomic E-state index is 0.00739. The molecule has 1 N–H and O–H groups in total. The predicted molar refractivity (Wildman–Crippen MR) is 136 cm³/mol. The van der Waals surface area contributed by atoms with Gasteiger partial charge in [0, 0.05) is 6.04 Å². The molecule has 1 aliphatic carbocycles. The molecule has 35 heavy (non-hydrogen) atoms. The Bertz CT molecular complexity index is 1280. The molecule has 180 valence electrons. The van der Waals surface area contributed by atoms with Crippen molar-refractivity contribution in [3.05, 3.63) is 77.5 Å². The number of carbonyl (C=O) groups excluding carboxylic acids is 2. The van der Waals surface area contributed by atoms with E-state index >= 15 is 0 Å². The van der Waals surface area contributed by atoms with E-state index in [0.717, 1.165) is 36.8 Å². The number of amides is 3. The van der Waals surface area contributed by atoms with Gasteiger partial charge in [-0.3, -0.25) is 9.69 Å². The third kappa shape index (κ3) is 5.02.